The summed E-state index contributed by atoms with van der Waals surface area (Å²) in [5, 5.41) is 9.29. The number of phenols is 1. The summed E-state index contributed by atoms with van der Waals surface area (Å²) in [5.41, 5.74) is 4.45. The van der Waals surface area contributed by atoms with Crippen molar-refractivity contribution >= 4 is 11.5 Å². The van der Waals surface area contributed by atoms with E-state index in [1.165, 1.54) is 12.1 Å². The molecule has 0 amide bonds. The van der Waals surface area contributed by atoms with Gasteiger partial charge in [-0.2, -0.15) is 5.48 Å². The lowest BCUT2D eigenvalue weighted by molar-refractivity contribution is 0.00241. The fourth-order valence-electron chi connectivity index (χ4n) is 2.31. The standard InChI is InChI=1S/C22H25NO4/c1-15(27-23-16(2)26-22(3,4)5)18-8-6-17(7-9-18)14-21(25)19-10-12-20(24)13-11-19/h6-13,23-24H,1-2,14H2,3-5H3. The molecule has 5 nitrogen and oxygen atoms in total. The number of nitrogens with one attached hydrogen (secondary N) is 1. The lowest BCUT2D eigenvalue weighted by atomic mass is 10.0. The van der Waals surface area contributed by atoms with E-state index in [0.717, 1.165) is 11.1 Å². The predicted octanol–water partition coefficient (Wildman–Crippen LogP) is 4.60. The number of hydrogen-bond acceptors (Lipinski definition) is 5. The number of carbonyl (C=O) groups excluding carboxylic acids is 1. The molecule has 0 saturated heterocycles. The number of aromatic hydroxyl groups is 1. The van der Waals surface area contributed by atoms with Crippen molar-refractivity contribution in [2.24, 2.45) is 0 Å². The number of phenolic OH excluding ortho intramolecular Hbond substituents is 1. The van der Waals surface area contributed by atoms with Crippen molar-refractivity contribution in [2.45, 2.75) is 32.8 Å². The SMILES string of the molecule is C=C(NOC(=C)c1ccc(CC(=O)c2ccc(O)cc2)cc1)OC(C)(C)C. The molecule has 0 heterocycles. The summed E-state index contributed by atoms with van der Waals surface area (Å²) in [5.74, 6) is 0.818. The number of rotatable bonds is 8. The third kappa shape index (κ3) is 6.55. The molecule has 0 aliphatic rings. The average molecular weight is 367 g/mol. The molecule has 5 heteroatoms. The van der Waals surface area contributed by atoms with E-state index in [1.807, 2.05) is 45.0 Å². The molecule has 0 aromatic heterocycles. The first-order chi connectivity index (χ1) is 12.6. The maximum Gasteiger partial charge on any atom is 0.213 e. The highest BCUT2D eigenvalue weighted by molar-refractivity contribution is 5.97. The van der Waals surface area contributed by atoms with Gasteiger partial charge in [0.1, 0.15) is 11.4 Å². The largest absolute Gasteiger partial charge is 0.508 e. The van der Waals surface area contributed by atoms with Gasteiger partial charge in [-0.1, -0.05) is 30.8 Å². The normalized spacial score (nSPS) is 10.8. The minimum absolute atomic E-state index is 0.0184. The second kappa shape index (κ2) is 8.45. The Hall–Kier alpha value is -3.21. The topological polar surface area (TPSA) is 67.8 Å². The second-order valence-corrected chi connectivity index (χ2v) is 7.11. The number of ether oxygens (including phenoxy) is 1. The van der Waals surface area contributed by atoms with Crippen LogP contribution in [0.25, 0.3) is 5.76 Å². The first kappa shape index (κ1) is 20.1. The van der Waals surface area contributed by atoms with Crippen LogP contribution in [0.4, 0.5) is 0 Å². The molecular formula is C22H25NO4. The second-order valence-electron chi connectivity index (χ2n) is 7.11. The molecule has 2 rings (SSSR count). The maximum atomic E-state index is 12.3. The van der Waals surface area contributed by atoms with Gasteiger partial charge >= 0.3 is 0 Å². The average Bonchev–Trinajstić information content (AvgIpc) is 2.59. The molecule has 2 aromatic rings. The van der Waals surface area contributed by atoms with Crippen LogP contribution < -0.4 is 5.48 Å². The van der Waals surface area contributed by atoms with Crippen molar-refractivity contribution in [2.75, 3.05) is 0 Å². The quantitative estimate of drug-likeness (QED) is 0.406. The molecule has 0 aliphatic heterocycles. The fourth-order valence-corrected chi connectivity index (χ4v) is 2.31. The van der Waals surface area contributed by atoms with Gasteiger partial charge in [0.05, 0.1) is 0 Å². The smallest absolute Gasteiger partial charge is 0.213 e. The maximum absolute atomic E-state index is 12.3. The molecule has 0 aliphatic carbocycles. The molecule has 0 fully saturated rings. The Morgan fingerprint density at radius 2 is 1.56 bits per heavy atom. The van der Waals surface area contributed by atoms with Crippen LogP contribution in [0.2, 0.25) is 0 Å². The summed E-state index contributed by atoms with van der Waals surface area (Å²) in [7, 11) is 0. The van der Waals surface area contributed by atoms with E-state index in [2.05, 4.69) is 18.6 Å². The van der Waals surface area contributed by atoms with Gasteiger partial charge in [-0.3, -0.25) is 4.79 Å². The van der Waals surface area contributed by atoms with Crippen molar-refractivity contribution in [3.8, 4) is 5.75 Å². The monoisotopic (exact) mass is 367 g/mol. The van der Waals surface area contributed by atoms with Crippen LogP contribution in [-0.4, -0.2) is 16.5 Å². The molecule has 0 saturated carbocycles. The number of carbonyl (C=O) groups is 1. The molecule has 0 atom stereocenters. The zero-order chi connectivity index (χ0) is 20.0. The Balaban J connectivity index is 1.90. The van der Waals surface area contributed by atoms with Crippen molar-refractivity contribution in [1.82, 2.24) is 5.48 Å². The van der Waals surface area contributed by atoms with E-state index in [1.54, 1.807) is 12.1 Å². The lowest BCUT2D eigenvalue weighted by Crippen LogP contribution is -2.25. The number of Topliss-reactive ketones (excluding diaryl/α,β-unsaturated/α-hetero) is 1. The minimum atomic E-state index is -0.375. The molecular weight excluding hydrogens is 342 g/mol. The van der Waals surface area contributed by atoms with Crippen LogP contribution in [-0.2, 0) is 16.0 Å². The van der Waals surface area contributed by atoms with Crippen LogP contribution in [0, 0.1) is 0 Å². The lowest BCUT2D eigenvalue weighted by Gasteiger charge is -2.23. The van der Waals surface area contributed by atoms with Gasteiger partial charge in [-0.15, -0.1) is 0 Å². The van der Waals surface area contributed by atoms with E-state index >= 15 is 0 Å². The first-order valence-electron chi connectivity index (χ1n) is 8.55. The predicted molar refractivity (Wildman–Crippen MR) is 106 cm³/mol. The third-order valence-corrected chi connectivity index (χ3v) is 3.55. The van der Waals surface area contributed by atoms with E-state index in [0.29, 0.717) is 17.2 Å². The van der Waals surface area contributed by atoms with Crippen molar-refractivity contribution < 1.29 is 19.5 Å². The minimum Gasteiger partial charge on any atom is -0.508 e. The highest BCUT2D eigenvalue weighted by atomic mass is 16.7. The first-order valence-corrected chi connectivity index (χ1v) is 8.55. The van der Waals surface area contributed by atoms with E-state index < -0.39 is 0 Å². The Labute approximate surface area is 159 Å². The van der Waals surface area contributed by atoms with Crippen molar-refractivity contribution in [3.05, 3.63) is 84.3 Å². The third-order valence-electron chi connectivity index (χ3n) is 3.55. The van der Waals surface area contributed by atoms with Gasteiger partial charge in [0.2, 0.25) is 5.88 Å². The van der Waals surface area contributed by atoms with Crippen LogP contribution in [0.15, 0.2) is 67.6 Å². The van der Waals surface area contributed by atoms with Crippen molar-refractivity contribution in [1.29, 1.82) is 0 Å². The van der Waals surface area contributed by atoms with Crippen LogP contribution in [0.5, 0.6) is 5.75 Å². The molecule has 0 spiro atoms. The highest BCUT2D eigenvalue weighted by Gasteiger charge is 2.13. The summed E-state index contributed by atoms with van der Waals surface area (Å²) in [6.07, 6.45) is 0.271. The van der Waals surface area contributed by atoms with Gasteiger partial charge in [-0.05, 0) is 57.2 Å². The zero-order valence-electron chi connectivity index (χ0n) is 15.9. The molecule has 27 heavy (non-hydrogen) atoms. The fraction of sp³-hybridized carbons (Fsp3) is 0.227. The molecule has 2 N–H and O–H groups in total. The summed E-state index contributed by atoms with van der Waals surface area (Å²) in [4.78, 5) is 17.7. The molecule has 0 unspecified atom stereocenters. The molecule has 2 aromatic carbocycles. The van der Waals surface area contributed by atoms with Gasteiger partial charge < -0.3 is 14.7 Å². The Kier molecular flexibility index (Phi) is 6.29. The van der Waals surface area contributed by atoms with E-state index in [9.17, 15) is 9.90 Å². The highest BCUT2D eigenvalue weighted by Crippen LogP contribution is 2.17. The van der Waals surface area contributed by atoms with Gasteiger partial charge in [0, 0.05) is 17.5 Å². The Morgan fingerprint density at radius 3 is 2.11 bits per heavy atom. The number of hydrogen-bond donors (Lipinski definition) is 2. The van der Waals surface area contributed by atoms with E-state index in [-0.39, 0.29) is 23.6 Å². The van der Waals surface area contributed by atoms with Crippen LogP contribution in [0.1, 0.15) is 42.3 Å². The van der Waals surface area contributed by atoms with Gasteiger partial charge in [-0.25, -0.2) is 0 Å². The zero-order valence-corrected chi connectivity index (χ0v) is 15.9. The Morgan fingerprint density at radius 1 is 1.00 bits per heavy atom. The van der Waals surface area contributed by atoms with Crippen LogP contribution in [0.3, 0.4) is 0 Å². The summed E-state index contributed by atoms with van der Waals surface area (Å²) >= 11 is 0. The van der Waals surface area contributed by atoms with Gasteiger partial charge in [0.15, 0.2) is 11.5 Å². The Bertz CT molecular complexity index is 815. The number of ketones is 1. The molecule has 142 valence electrons. The van der Waals surface area contributed by atoms with Crippen LogP contribution >= 0.6 is 0 Å². The molecule has 0 radical (unpaired) electrons. The number of hydroxylamine groups is 1. The van der Waals surface area contributed by atoms with Crippen molar-refractivity contribution in [3.63, 3.8) is 0 Å². The number of benzene rings is 2. The summed E-state index contributed by atoms with van der Waals surface area (Å²) in [6, 6.07) is 13.6. The van der Waals surface area contributed by atoms with Gasteiger partial charge in [0.25, 0.3) is 0 Å². The van der Waals surface area contributed by atoms with E-state index in [4.69, 9.17) is 9.57 Å². The molecule has 0 bridgehead atoms. The summed E-state index contributed by atoms with van der Waals surface area (Å²) in [6.45, 7) is 13.3. The summed E-state index contributed by atoms with van der Waals surface area (Å²) < 4.78 is 5.51.